The van der Waals surface area contributed by atoms with E-state index >= 15 is 0 Å². The molecule has 0 radical (unpaired) electrons. The monoisotopic (exact) mass is 326 g/mol. The molecule has 1 unspecified atom stereocenters. The maximum atomic E-state index is 5.39. The Labute approximate surface area is 124 Å². The third-order valence-electron chi connectivity index (χ3n) is 3.57. The Bertz CT molecular complexity index is 380. The smallest absolute Gasteiger partial charge is 0.0594 e. The Hall–Kier alpha value is -0.420. The largest absolute Gasteiger partial charge is 0.379 e. The highest BCUT2D eigenvalue weighted by molar-refractivity contribution is 9.10. The van der Waals surface area contributed by atoms with Crippen LogP contribution in [0.3, 0.4) is 0 Å². The topological polar surface area (TPSA) is 24.5 Å². The van der Waals surface area contributed by atoms with Gasteiger partial charge in [-0.2, -0.15) is 0 Å². The maximum absolute atomic E-state index is 5.39. The van der Waals surface area contributed by atoms with E-state index in [1.54, 1.807) is 0 Å². The van der Waals surface area contributed by atoms with Crippen molar-refractivity contribution in [3.05, 3.63) is 34.3 Å². The van der Waals surface area contributed by atoms with Gasteiger partial charge in [0.1, 0.15) is 0 Å². The second-order valence-electron chi connectivity index (χ2n) is 4.87. The molecule has 0 spiro atoms. The van der Waals surface area contributed by atoms with Crippen LogP contribution in [0.4, 0.5) is 0 Å². The van der Waals surface area contributed by atoms with E-state index in [4.69, 9.17) is 4.74 Å². The summed E-state index contributed by atoms with van der Waals surface area (Å²) in [5.41, 5.74) is 1.36. The van der Waals surface area contributed by atoms with Gasteiger partial charge in [0.2, 0.25) is 0 Å². The van der Waals surface area contributed by atoms with Gasteiger partial charge in [0.05, 0.1) is 13.2 Å². The molecule has 1 aliphatic rings. The van der Waals surface area contributed by atoms with Crippen LogP contribution in [-0.4, -0.2) is 44.3 Å². The quantitative estimate of drug-likeness (QED) is 0.870. The van der Waals surface area contributed by atoms with Crippen molar-refractivity contribution in [2.75, 3.05) is 39.4 Å². The third-order valence-corrected chi connectivity index (χ3v) is 4.29. The van der Waals surface area contributed by atoms with Crippen LogP contribution in [0.25, 0.3) is 0 Å². The van der Waals surface area contributed by atoms with Crippen LogP contribution < -0.4 is 5.32 Å². The molecule has 1 aromatic rings. The zero-order valence-electron chi connectivity index (χ0n) is 11.6. The van der Waals surface area contributed by atoms with Crippen LogP contribution in [0, 0.1) is 0 Å². The summed E-state index contributed by atoms with van der Waals surface area (Å²) in [4.78, 5) is 2.49. The molecule has 0 aliphatic carbocycles. The molecule has 106 valence electrons. The lowest BCUT2D eigenvalue weighted by Gasteiger charge is -2.29. The maximum Gasteiger partial charge on any atom is 0.0594 e. The van der Waals surface area contributed by atoms with Crippen LogP contribution in [0.15, 0.2) is 28.7 Å². The summed E-state index contributed by atoms with van der Waals surface area (Å²) in [7, 11) is 0. The van der Waals surface area contributed by atoms with Crippen molar-refractivity contribution in [2.24, 2.45) is 0 Å². The number of nitrogens with one attached hydrogen (secondary N) is 1. The van der Waals surface area contributed by atoms with E-state index in [1.807, 2.05) is 0 Å². The van der Waals surface area contributed by atoms with Gasteiger partial charge in [0.25, 0.3) is 0 Å². The zero-order chi connectivity index (χ0) is 13.5. The summed E-state index contributed by atoms with van der Waals surface area (Å²) in [6.07, 6.45) is 1.14. The highest BCUT2D eigenvalue weighted by Gasteiger charge is 2.16. The van der Waals surface area contributed by atoms with Gasteiger partial charge in [-0.3, -0.25) is 4.90 Å². The van der Waals surface area contributed by atoms with Gasteiger partial charge in [0, 0.05) is 30.1 Å². The number of morpholine rings is 1. The lowest BCUT2D eigenvalue weighted by Crippen LogP contribution is -2.38. The van der Waals surface area contributed by atoms with Crippen molar-refractivity contribution in [1.29, 1.82) is 0 Å². The Balaban J connectivity index is 1.94. The highest BCUT2D eigenvalue weighted by Crippen LogP contribution is 2.25. The average molecular weight is 327 g/mol. The van der Waals surface area contributed by atoms with Gasteiger partial charge < -0.3 is 10.1 Å². The predicted molar refractivity (Wildman–Crippen MR) is 82.4 cm³/mol. The lowest BCUT2D eigenvalue weighted by atomic mass is 10.0. The molecule has 1 aliphatic heterocycles. The minimum Gasteiger partial charge on any atom is -0.379 e. The van der Waals surface area contributed by atoms with E-state index in [0.717, 1.165) is 45.8 Å². The summed E-state index contributed by atoms with van der Waals surface area (Å²) in [5.74, 6) is 0. The van der Waals surface area contributed by atoms with E-state index in [0.29, 0.717) is 6.04 Å². The number of benzene rings is 1. The standard InChI is InChI=1S/C15H23BrN2O/c1-2-17-15(13-5-3-4-6-14(13)16)7-8-18-9-11-19-12-10-18/h3-6,15,17H,2,7-12H2,1H3. The Morgan fingerprint density at radius 1 is 1.32 bits per heavy atom. The second-order valence-corrected chi connectivity index (χ2v) is 5.73. The number of halogens is 1. The molecule has 4 heteroatoms. The average Bonchev–Trinajstić information content (AvgIpc) is 2.45. The molecule has 1 heterocycles. The van der Waals surface area contributed by atoms with Crippen LogP contribution in [-0.2, 0) is 4.74 Å². The highest BCUT2D eigenvalue weighted by atomic mass is 79.9. The minimum atomic E-state index is 0.420. The number of hydrogen-bond acceptors (Lipinski definition) is 3. The van der Waals surface area contributed by atoms with Crippen molar-refractivity contribution in [2.45, 2.75) is 19.4 Å². The molecular formula is C15H23BrN2O. The number of ether oxygens (including phenoxy) is 1. The van der Waals surface area contributed by atoms with Crippen molar-refractivity contribution in [1.82, 2.24) is 10.2 Å². The van der Waals surface area contributed by atoms with Crippen LogP contribution >= 0.6 is 15.9 Å². The second kappa shape index (κ2) is 8.00. The molecule has 19 heavy (non-hydrogen) atoms. The van der Waals surface area contributed by atoms with Crippen molar-refractivity contribution >= 4 is 15.9 Å². The van der Waals surface area contributed by atoms with Crippen molar-refractivity contribution in [3.63, 3.8) is 0 Å². The molecule has 0 aromatic heterocycles. The van der Waals surface area contributed by atoms with E-state index < -0.39 is 0 Å². The molecule has 1 fully saturated rings. The molecule has 1 atom stereocenters. The predicted octanol–water partition coefficient (Wildman–Crippen LogP) is 2.82. The van der Waals surface area contributed by atoms with Crippen molar-refractivity contribution in [3.8, 4) is 0 Å². The first-order valence-electron chi connectivity index (χ1n) is 7.09. The molecule has 1 saturated heterocycles. The Morgan fingerprint density at radius 2 is 2.05 bits per heavy atom. The normalized spacial score (nSPS) is 18.4. The van der Waals surface area contributed by atoms with Gasteiger partial charge in [-0.1, -0.05) is 41.1 Å². The van der Waals surface area contributed by atoms with E-state index in [-0.39, 0.29) is 0 Å². The fourth-order valence-electron chi connectivity index (χ4n) is 2.51. The molecular weight excluding hydrogens is 304 g/mol. The van der Waals surface area contributed by atoms with Gasteiger partial charge in [-0.15, -0.1) is 0 Å². The molecule has 3 nitrogen and oxygen atoms in total. The van der Waals surface area contributed by atoms with E-state index in [1.165, 1.54) is 10.0 Å². The first-order chi connectivity index (χ1) is 9.31. The van der Waals surface area contributed by atoms with Gasteiger partial charge in [-0.25, -0.2) is 0 Å². The fraction of sp³-hybridized carbons (Fsp3) is 0.600. The number of rotatable bonds is 6. The lowest BCUT2D eigenvalue weighted by molar-refractivity contribution is 0.0361. The van der Waals surface area contributed by atoms with Gasteiger partial charge in [-0.05, 0) is 24.6 Å². The molecule has 2 rings (SSSR count). The van der Waals surface area contributed by atoms with E-state index in [9.17, 15) is 0 Å². The Kier molecular flexibility index (Phi) is 6.31. The molecule has 0 saturated carbocycles. The first kappa shape index (κ1) is 15.0. The van der Waals surface area contributed by atoms with Gasteiger partial charge >= 0.3 is 0 Å². The van der Waals surface area contributed by atoms with Crippen LogP contribution in [0.5, 0.6) is 0 Å². The zero-order valence-corrected chi connectivity index (χ0v) is 13.2. The number of hydrogen-bond donors (Lipinski definition) is 1. The van der Waals surface area contributed by atoms with Gasteiger partial charge in [0.15, 0.2) is 0 Å². The summed E-state index contributed by atoms with van der Waals surface area (Å²) in [6.45, 7) is 8.17. The molecule has 1 aromatic carbocycles. The van der Waals surface area contributed by atoms with Crippen LogP contribution in [0.2, 0.25) is 0 Å². The summed E-state index contributed by atoms with van der Waals surface area (Å²) in [5, 5.41) is 3.59. The summed E-state index contributed by atoms with van der Waals surface area (Å²) < 4.78 is 6.59. The third kappa shape index (κ3) is 4.56. The fourth-order valence-corrected chi connectivity index (χ4v) is 3.07. The first-order valence-corrected chi connectivity index (χ1v) is 7.88. The number of nitrogens with zero attached hydrogens (tertiary/aromatic N) is 1. The van der Waals surface area contributed by atoms with E-state index in [2.05, 4.69) is 57.3 Å². The summed E-state index contributed by atoms with van der Waals surface area (Å²) in [6, 6.07) is 8.92. The van der Waals surface area contributed by atoms with Crippen LogP contribution in [0.1, 0.15) is 24.9 Å². The Morgan fingerprint density at radius 3 is 2.74 bits per heavy atom. The summed E-state index contributed by atoms with van der Waals surface area (Å²) >= 11 is 3.66. The molecule has 0 amide bonds. The van der Waals surface area contributed by atoms with Crippen molar-refractivity contribution < 1.29 is 4.74 Å². The molecule has 1 N–H and O–H groups in total. The SMILES string of the molecule is CCNC(CCN1CCOCC1)c1ccccc1Br. The minimum absolute atomic E-state index is 0.420. The molecule has 0 bridgehead atoms.